The summed E-state index contributed by atoms with van der Waals surface area (Å²) in [6.45, 7) is 6.49. The average Bonchev–Trinajstić information content (AvgIpc) is 2.99. The highest BCUT2D eigenvalue weighted by atomic mass is 16.2. The van der Waals surface area contributed by atoms with Gasteiger partial charge in [-0.2, -0.15) is 0 Å². The molecule has 0 atom stereocenters. The van der Waals surface area contributed by atoms with Gasteiger partial charge < -0.3 is 9.80 Å². The Kier molecular flexibility index (Phi) is 4.60. The summed E-state index contributed by atoms with van der Waals surface area (Å²) in [5, 5.41) is 0. The Morgan fingerprint density at radius 2 is 1.63 bits per heavy atom. The van der Waals surface area contributed by atoms with Crippen molar-refractivity contribution in [2.45, 2.75) is 38.8 Å². The van der Waals surface area contributed by atoms with Crippen LogP contribution in [0.1, 0.15) is 53.0 Å². The van der Waals surface area contributed by atoms with Crippen LogP contribution in [0.15, 0.2) is 42.5 Å². The largest absolute Gasteiger partial charge is 0.339 e. The summed E-state index contributed by atoms with van der Waals surface area (Å²) < 4.78 is 0. The molecule has 1 saturated heterocycles. The van der Waals surface area contributed by atoms with Gasteiger partial charge in [0.25, 0.3) is 5.91 Å². The molecule has 1 aliphatic heterocycles. The van der Waals surface area contributed by atoms with Gasteiger partial charge in [-0.15, -0.1) is 0 Å². The Balaban J connectivity index is 1.53. The molecule has 1 heterocycles. The zero-order chi connectivity index (χ0) is 19.1. The molecule has 1 amide bonds. The van der Waals surface area contributed by atoms with Gasteiger partial charge in [-0.25, -0.2) is 0 Å². The van der Waals surface area contributed by atoms with Gasteiger partial charge >= 0.3 is 0 Å². The molecule has 2 aromatic rings. The number of hydrogen-bond acceptors (Lipinski definition) is 3. The van der Waals surface area contributed by atoms with E-state index in [1.165, 1.54) is 0 Å². The number of carbonyl (C=O) groups excluding carboxylic acids is 2. The van der Waals surface area contributed by atoms with Crippen molar-refractivity contribution >= 4 is 11.7 Å². The number of amides is 1. The van der Waals surface area contributed by atoms with Gasteiger partial charge in [0.05, 0.1) is 0 Å². The smallest absolute Gasteiger partial charge is 0.253 e. The Morgan fingerprint density at radius 1 is 1.00 bits per heavy atom. The Labute approximate surface area is 160 Å². The van der Waals surface area contributed by atoms with Crippen molar-refractivity contribution < 1.29 is 9.59 Å². The van der Waals surface area contributed by atoms with Gasteiger partial charge in [0, 0.05) is 48.9 Å². The summed E-state index contributed by atoms with van der Waals surface area (Å²) in [7, 11) is 1.89. The van der Waals surface area contributed by atoms with Crippen molar-refractivity contribution in [3.05, 3.63) is 59.2 Å². The SMILES string of the molecule is CC(C)N1CCC(N(C)C(=O)c2ccc3c(c2)C(=O)c2ccccc2-3)CC1. The minimum absolute atomic E-state index is 0.00422. The molecule has 0 N–H and O–H groups in total. The molecule has 0 aromatic heterocycles. The van der Waals surface area contributed by atoms with E-state index in [0.29, 0.717) is 17.2 Å². The lowest BCUT2D eigenvalue weighted by atomic mass is 9.99. The van der Waals surface area contributed by atoms with E-state index in [2.05, 4.69) is 18.7 Å². The van der Waals surface area contributed by atoms with Crippen LogP contribution in [0.5, 0.6) is 0 Å². The monoisotopic (exact) mass is 362 g/mol. The maximum Gasteiger partial charge on any atom is 0.253 e. The predicted molar refractivity (Wildman–Crippen MR) is 107 cm³/mol. The third kappa shape index (κ3) is 3.08. The van der Waals surface area contributed by atoms with Crippen molar-refractivity contribution in [2.75, 3.05) is 20.1 Å². The number of fused-ring (bicyclic) bond motifs is 3. The van der Waals surface area contributed by atoms with Gasteiger partial charge in [-0.05, 0) is 49.9 Å². The Morgan fingerprint density at radius 3 is 2.30 bits per heavy atom. The van der Waals surface area contributed by atoms with Gasteiger partial charge in [-0.3, -0.25) is 9.59 Å². The van der Waals surface area contributed by atoms with Gasteiger partial charge in [0.2, 0.25) is 0 Å². The first-order valence-electron chi connectivity index (χ1n) is 9.76. The lowest BCUT2D eigenvalue weighted by Gasteiger charge is -2.38. The second kappa shape index (κ2) is 6.93. The topological polar surface area (TPSA) is 40.6 Å². The van der Waals surface area contributed by atoms with Gasteiger partial charge in [0.1, 0.15) is 0 Å². The average molecular weight is 362 g/mol. The molecule has 4 rings (SSSR count). The fourth-order valence-electron chi connectivity index (χ4n) is 4.32. The highest BCUT2D eigenvalue weighted by Gasteiger charge is 2.30. The summed E-state index contributed by atoms with van der Waals surface area (Å²) >= 11 is 0. The van der Waals surface area contributed by atoms with Crippen LogP contribution in [0.25, 0.3) is 11.1 Å². The maximum absolute atomic E-state index is 13.0. The lowest BCUT2D eigenvalue weighted by Crippen LogP contribution is -2.47. The molecule has 2 aliphatic rings. The number of ketones is 1. The van der Waals surface area contributed by atoms with Crippen LogP contribution in [0.3, 0.4) is 0 Å². The van der Waals surface area contributed by atoms with Crippen molar-refractivity contribution in [3.63, 3.8) is 0 Å². The second-order valence-corrected chi connectivity index (χ2v) is 7.91. The van der Waals surface area contributed by atoms with E-state index in [4.69, 9.17) is 0 Å². The number of rotatable bonds is 3. The fraction of sp³-hybridized carbons (Fsp3) is 0.391. The molecule has 140 valence electrons. The Bertz CT molecular complexity index is 895. The number of carbonyl (C=O) groups is 2. The van der Waals surface area contributed by atoms with Crippen LogP contribution in [0.2, 0.25) is 0 Å². The van der Waals surface area contributed by atoms with Crippen molar-refractivity contribution in [3.8, 4) is 11.1 Å². The minimum Gasteiger partial charge on any atom is -0.339 e. The standard InChI is InChI=1S/C23H26N2O2/c1-15(2)25-12-10-17(11-13-25)24(3)23(27)16-8-9-19-18-6-4-5-7-20(18)22(26)21(19)14-16/h4-9,14-15,17H,10-13H2,1-3H3. The molecular formula is C23H26N2O2. The molecule has 0 unspecified atom stereocenters. The number of nitrogens with zero attached hydrogens (tertiary/aromatic N) is 2. The number of benzene rings is 2. The highest BCUT2D eigenvalue weighted by Crippen LogP contribution is 2.37. The van der Waals surface area contributed by atoms with E-state index in [9.17, 15) is 9.59 Å². The van der Waals surface area contributed by atoms with Crippen LogP contribution in [-0.2, 0) is 0 Å². The third-order valence-electron chi connectivity index (χ3n) is 6.07. The summed E-state index contributed by atoms with van der Waals surface area (Å²) in [6, 6.07) is 14.0. The molecule has 2 aromatic carbocycles. The first-order valence-corrected chi connectivity index (χ1v) is 9.76. The quantitative estimate of drug-likeness (QED) is 0.711. The number of hydrogen-bond donors (Lipinski definition) is 0. The van der Waals surface area contributed by atoms with Gasteiger partial charge in [-0.1, -0.05) is 30.3 Å². The molecule has 0 bridgehead atoms. The van der Waals surface area contributed by atoms with Gasteiger partial charge in [0.15, 0.2) is 5.78 Å². The van der Waals surface area contributed by atoms with Crippen LogP contribution in [-0.4, -0.2) is 53.7 Å². The van der Waals surface area contributed by atoms with E-state index < -0.39 is 0 Å². The molecule has 0 radical (unpaired) electrons. The molecule has 1 fully saturated rings. The third-order valence-corrected chi connectivity index (χ3v) is 6.07. The first-order chi connectivity index (χ1) is 13.0. The zero-order valence-electron chi connectivity index (χ0n) is 16.2. The first kappa shape index (κ1) is 17.9. The fourth-order valence-corrected chi connectivity index (χ4v) is 4.32. The second-order valence-electron chi connectivity index (χ2n) is 7.91. The van der Waals surface area contributed by atoms with Crippen molar-refractivity contribution in [1.82, 2.24) is 9.80 Å². The number of piperidine rings is 1. The summed E-state index contributed by atoms with van der Waals surface area (Å²) in [5.74, 6) is 0.0210. The summed E-state index contributed by atoms with van der Waals surface area (Å²) in [6.07, 6.45) is 1.99. The Hall–Kier alpha value is -2.46. The molecular weight excluding hydrogens is 336 g/mol. The highest BCUT2D eigenvalue weighted by molar-refractivity contribution is 6.22. The van der Waals surface area contributed by atoms with Crippen LogP contribution < -0.4 is 0 Å². The molecule has 0 saturated carbocycles. The van der Waals surface area contributed by atoms with Crippen LogP contribution in [0, 0.1) is 0 Å². The van der Waals surface area contributed by atoms with Crippen molar-refractivity contribution in [2.24, 2.45) is 0 Å². The summed E-state index contributed by atoms with van der Waals surface area (Å²) in [4.78, 5) is 30.1. The number of likely N-dealkylation sites (tertiary alicyclic amines) is 1. The van der Waals surface area contributed by atoms with E-state index in [1.807, 2.05) is 48.3 Å². The molecule has 0 spiro atoms. The van der Waals surface area contributed by atoms with E-state index in [-0.39, 0.29) is 17.7 Å². The van der Waals surface area contributed by atoms with Crippen LogP contribution in [0.4, 0.5) is 0 Å². The zero-order valence-corrected chi connectivity index (χ0v) is 16.2. The molecule has 1 aliphatic carbocycles. The molecule has 4 heteroatoms. The molecule has 27 heavy (non-hydrogen) atoms. The van der Waals surface area contributed by atoms with E-state index in [1.54, 1.807) is 6.07 Å². The van der Waals surface area contributed by atoms with Crippen molar-refractivity contribution in [1.29, 1.82) is 0 Å². The van der Waals surface area contributed by atoms with Crippen LogP contribution >= 0.6 is 0 Å². The predicted octanol–water partition coefficient (Wildman–Crippen LogP) is 3.84. The normalized spacial score (nSPS) is 17.1. The molecule has 4 nitrogen and oxygen atoms in total. The lowest BCUT2D eigenvalue weighted by molar-refractivity contribution is 0.0615. The van der Waals surface area contributed by atoms with E-state index >= 15 is 0 Å². The minimum atomic E-state index is 0.00422. The van der Waals surface area contributed by atoms with E-state index in [0.717, 1.165) is 42.6 Å². The summed E-state index contributed by atoms with van der Waals surface area (Å²) in [5.41, 5.74) is 3.87. The maximum atomic E-state index is 13.0.